The van der Waals surface area contributed by atoms with Gasteiger partial charge >= 0.3 is 0 Å². The number of aromatic nitrogens is 2. The monoisotopic (exact) mass is 343 g/mol. The summed E-state index contributed by atoms with van der Waals surface area (Å²) in [6.07, 6.45) is 7.13. The third kappa shape index (κ3) is 3.48. The molecule has 2 aromatic rings. The molecule has 1 aromatic carbocycles. The van der Waals surface area contributed by atoms with Crippen LogP contribution in [0, 0.1) is 0 Å². The molecule has 24 heavy (non-hydrogen) atoms. The van der Waals surface area contributed by atoms with Gasteiger partial charge < -0.3 is 9.32 Å². The Hall–Kier alpha value is -1.82. The fourth-order valence-corrected chi connectivity index (χ4v) is 4.04. The normalized spacial score (nSPS) is 18.0. The molecule has 1 aromatic heterocycles. The Morgan fingerprint density at radius 1 is 1.08 bits per heavy atom. The molecule has 2 aliphatic rings. The van der Waals surface area contributed by atoms with Crippen molar-refractivity contribution in [3.8, 4) is 11.5 Å². The van der Waals surface area contributed by atoms with Crippen LogP contribution in [0.25, 0.3) is 11.5 Å². The van der Waals surface area contributed by atoms with Crippen molar-refractivity contribution < 1.29 is 9.21 Å². The number of rotatable bonds is 6. The lowest BCUT2D eigenvalue weighted by atomic mass is 10.2. The van der Waals surface area contributed by atoms with E-state index in [4.69, 9.17) is 4.42 Å². The molecule has 0 N–H and O–H groups in total. The van der Waals surface area contributed by atoms with Crippen LogP contribution in [-0.4, -0.2) is 38.8 Å². The van der Waals surface area contributed by atoms with E-state index in [0.29, 0.717) is 29.0 Å². The van der Waals surface area contributed by atoms with Crippen LogP contribution in [0.4, 0.5) is 0 Å². The van der Waals surface area contributed by atoms with E-state index >= 15 is 0 Å². The quantitative estimate of drug-likeness (QED) is 0.747. The molecule has 1 amide bonds. The largest absolute Gasteiger partial charge is 0.411 e. The molecular formula is C18H21N3O2S. The van der Waals surface area contributed by atoms with Crippen molar-refractivity contribution in [3.05, 3.63) is 30.3 Å². The highest BCUT2D eigenvalue weighted by atomic mass is 32.2. The van der Waals surface area contributed by atoms with E-state index in [2.05, 4.69) is 15.1 Å². The second-order valence-corrected chi connectivity index (χ2v) is 7.42. The number of carbonyl (C=O) groups excluding carboxylic acids is 1. The predicted molar refractivity (Wildman–Crippen MR) is 92.6 cm³/mol. The second kappa shape index (κ2) is 6.97. The second-order valence-electron chi connectivity index (χ2n) is 6.50. The van der Waals surface area contributed by atoms with E-state index in [-0.39, 0.29) is 5.91 Å². The molecule has 1 heterocycles. The number of amides is 1. The van der Waals surface area contributed by atoms with Gasteiger partial charge in [0, 0.05) is 17.6 Å². The standard InChI is InChI=1S/C18H21N3O2S/c22-16(21(15-10-11-15)14-8-4-5-9-14)12-24-18-20-19-17(23-18)13-6-2-1-3-7-13/h1-3,6-7,14-15H,4-5,8-12H2. The van der Waals surface area contributed by atoms with Gasteiger partial charge in [0.15, 0.2) is 0 Å². The lowest BCUT2D eigenvalue weighted by molar-refractivity contribution is -0.131. The third-order valence-corrected chi connectivity index (χ3v) is 5.50. The number of nitrogens with zero attached hydrogens (tertiary/aromatic N) is 3. The lowest BCUT2D eigenvalue weighted by Gasteiger charge is -2.28. The predicted octanol–water partition coefficient (Wildman–Crippen LogP) is 3.76. The first-order chi connectivity index (χ1) is 11.8. The van der Waals surface area contributed by atoms with E-state index in [1.807, 2.05) is 30.3 Å². The summed E-state index contributed by atoms with van der Waals surface area (Å²) < 4.78 is 5.67. The van der Waals surface area contributed by atoms with Crippen LogP contribution >= 0.6 is 11.8 Å². The fraction of sp³-hybridized carbons (Fsp3) is 0.500. The van der Waals surface area contributed by atoms with Crippen LogP contribution in [0.2, 0.25) is 0 Å². The lowest BCUT2D eigenvalue weighted by Crippen LogP contribution is -2.41. The summed E-state index contributed by atoms with van der Waals surface area (Å²) >= 11 is 1.34. The van der Waals surface area contributed by atoms with Gasteiger partial charge in [0.1, 0.15) is 0 Å². The van der Waals surface area contributed by atoms with Gasteiger partial charge in [-0.3, -0.25) is 4.79 Å². The number of carbonyl (C=O) groups is 1. The van der Waals surface area contributed by atoms with Gasteiger partial charge in [-0.25, -0.2) is 0 Å². The fourth-order valence-electron chi connectivity index (χ4n) is 3.40. The van der Waals surface area contributed by atoms with Crippen molar-refractivity contribution in [2.45, 2.75) is 55.8 Å². The first-order valence-corrected chi connectivity index (χ1v) is 9.63. The highest BCUT2D eigenvalue weighted by molar-refractivity contribution is 7.99. The topological polar surface area (TPSA) is 59.2 Å². The average molecular weight is 343 g/mol. The molecular weight excluding hydrogens is 322 g/mol. The zero-order chi connectivity index (χ0) is 16.4. The molecule has 2 aliphatic carbocycles. The SMILES string of the molecule is O=C(CSc1nnc(-c2ccccc2)o1)N(C1CCCC1)C1CC1. The molecule has 0 radical (unpaired) electrons. The summed E-state index contributed by atoms with van der Waals surface area (Å²) in [5.74, 6) is 1.10. The van der Waals surface area contributed by atoms with Gasteiger partial charge in [-0.05, 0) is 37.8 Å². The Kier molecular flexibility index (Phi) is 4.56. The molecule has 0 spiro atoms. The molecule has 0 bridgehead atoms. The summed E-state index contributed by atoms with van der Waals surface area (Å²) in [5.41, 5.74) is 0.897. The molecule has 2 fully saturated rings. The van der Waals surface area contributed by atoms with Crippen LogP contribution in [0.15, 0.2) is 40.0 Å². The summed E-state index contributed by atoms with van der Waals surface area (Å²) in [6, 6.07) is 10.6. The minimum Gasteiger partial charge on any atom is -0.411 e. The van der Waals surface area contributed by atoms with Gasteiger partial charge in [-0.2, -0.15) is 0 Å². The summed E-state index contributed by atoms with van der Waals surface area (Å²) in [7, 11) is 0. The maximum absolute atomic E-state index is 12.7. The minimum absolute atomic E-state index is 0.217. The maximum atomic E-state index is 12.7. The molecule has 2 saturated carbocycles. The van der Waals surface area contributed by atoms with E-state index < -0.39 is 0 Å². The van der Waals surface area contributed by atoms with Crippen molar-refractivity contribution in [3.63, 3.8) is 0 Å². The summed E-state index contributed by atoms with van der Waals surface area (Å²) in [6.45, 7) is 0. The Balaban J connectivity index is 1.37. The molecule has 0 saturated heterocycles. The zero-order valence-corrected chi connectivity index (χ0v) is 14.4. The minimum atomic E-state index is 0.217. The van der Waals surface area contributed by atoms with E-state index in [1.54, 1.807) is 0 Å². The smallest absolute Gasteiger partial charge is 0.277 e. The van der Waals surface area contributed by atoms with Crippen LogP contribution < -0.4 is 0 Å². The highest BCUT2D eigenvalue weighted by Gasteiger charge is 2.38. The molecule has 0 unspecified atom stereocenters. The Labute approximate surface area is 145 Å². The molecule has 4 rings (SSSR count). The van der Waals surface area contributed by atoms with Crippen LogP contribution in [0.5, 0.6) is 0 Å². The van der Waals surface area contributed by atoms with Crippen molar-refractivity contribution in [2.75, 3.05) is 5.75 Å². The Morgan fingerprint density at radius 2 is 1.79 bits per heavy atom. The first-order valence-electron chi connectivity index (χ1n) is 8.64. The molecule has 0 aliphatic heterocycles. The van der Waals surface area contributed by atoms with Crippen LogP contribution in [-0.2, 0) is 4.79 Å². The first kappa shape index (κ1) is 15.7. The third-order valence-electron chi connectivity index (χ3n) is 4.69. The zero-order valence-electron chi connectivity index (χ0n) is 13.6. The van der Waals surface area contributed by atoms with Gasteiger partial charge in [-0.1, -0.05) is 42.8 Å². The molecule has 5 nitrogen and oxygen atoms in total. The molecule has 126 valence electrons. The molecule has 6 heteroatoms. The highest BCUT2D eigenvalue weighted by Crippen LogP contribution is 2.35. The van der Waals surface area contributed by atoms with E-state index in [1.165, 1.54) is 24.6 Å². The van der Waals surface area contributed by atoms with E-state index in [0.717, 1.165) is 31.2 Å². The van der Waals surface area contributed by atoms with Crippen LogP contribution in [0.1, 0.15) is 38.5 Å². The van der Waals surface area contributed by atoms with Gasteiger partial charge in [0.25, 0.3) is 5.22 Å². The van der Waals surface area contributed by atoms with Crippen molar-refractivity contribution in [1.29, 1.82) is 0 Å². The maximum Gasteiger partial charge on any atom is 0.277 e. The van der Waals surface area contributed by atoms with Gasteiger partial charge in [0.05, 0.1) is 5.75 Å². The van der Waals surface area contributed by atoms with Gasteiger partial charge in [0.2, 0.25) is 11.8 Å². The summed E-state index contributed by atoms with van der Waals surface area (Å²) in [4.78, 5) is 14.8. The van der Waals surface area contributed by atoms with Gasteiger partial charge in [-0.15, -0.1) is 10.2 Å². The average Bonchev–Trinajstić information content (AvgIpc) is 3.11. The Morgan fingerprint density at radius 3 is 2.50 bits per heavy atom. The van der Waals surface area contributed by atoms with Crippen LogP contribution in [0.3, 0.4) is 0 Å². The number of hydrogen-bond acceptors (Lipinski definition) is 5. The summed E-state index contributed by atoms with van der Waals surface area (Å²) in [5, 5.41) is 8.59. The molecule has 0 atom stereocenters. The van der Waals surface area contributed by atoms with E-state index in [9.17, 15) is 4.79 Å². The van der Waals surface area contributed by atoms with Crippen molar-refractivity contribution in [2.24, 2.45) is 0 Å². The number of benzene rings is 1. The van der Waals surface area contributed by atoms with Crippen molar-refractivity contribution in [1.82, 2.24) is 15.1 Å². The Bertz CT molecular complexity index is 693. The van der Waals surface area contributed by atoms with Crippen molar-refractivity contribution >= 4 is 17.7 Å². The number of thioether (sulfide) groups is 1. The number of hydrogen-bond donors (Lipinski definition) is 0.